The van der Waals surface area contributed by atoms with Crippen LogP contribution < -0.4 is 4.74 Å². The second-order valence-electron chi connectivity index (χ2n) is 3.59. The fourth-order valence-electron chi connectivity index (χ4n) is 1.59. The zero-order valence-corrected chi connectivity index (χ0v) is 10.6. The Kier molecular flexibility index (Phi) is 3.53. The Bertz CT molecular complexity index is 543. The van der Waals surface area contributed by atoms with Crippen LogP contribution in [0.3, 0.4) is 0 Å². The summed E-state index contributed by atoms with van der Waals surface area (Å²) in [5, 5.41) is 6.97. The van der Waals surface area contributed by atoms with Gasteiger partial charge in [-0.2, -0.15) is 5.10 Å². The maximum Gasteiger partial charge on any atom is 0.212 e. The fraction of sp³-hybridized carbons (Fsp3) is 0.364. The summed E-state index contributed by atoms with van der Waals surface area (Å²) in [5.41, 5.74) is 1.07. The van der Waals surface area contributed by atoms with Gasteiger partial charge in [-0.15, -0.1) is 0 Å². The Morgan fingerprint density at radius 1 is 1.47 bits per heavy atom. The number of H-pyrrole nitrogens is 1. The van der Waals surface area contributed by atoms with Crippen LogP contribution in [0.2, 0.25) is 0 Å². The van der Waals surface area contributed by atoms with Gasteiger partial charge in [-0.25, -0.2) is 4.98 Å². The summed E-state index contributed by atoms with van der Waals surface area (Å²) >= 11 is 5.19. The molecule has 6 heteroatoms. The summed E-state index contributed by atoms with van der Waals surface area (Å²) in [5.74, 6) is 1.56. The minimum Gasteiger partial charge on any atom is -0.481 e. The van der Waals surface area contributed by atoms with Crippen molar-refractivity contribution in [3.05, 3.63) is 34.5 Å². The van der Waals surface area contributed by atoms with E-state index in [0.29, 0.717) is 17.2 Å². The number of hydrogen-bond acceptors (Lipinski definition) is 4. The average molecular weight is 250 g/mol. The molecule has 0 aliphatic rings. The lowest BCUT2D eigenvalue weighted by molar-refractivity contribution is 0.397. The first-order valence-corrected chi connectivity index (χ1v) is 5.78. The molecule has 0 aliphatic carbocycles. The summed E-state index contributed by atoms with van der Waals surface area (Å²) in [6, 6.07) is 3.81. The van der Waals surface area contributed by atoms with Crippen LogP contribution in [0.4, 0.5) is 0 Å². The van der Waals surface area contributed by atoms with E-state index < -0.39 is 0 Å². The summed E-state index contributed by atoms with van der Waals surface area (Å²) in [6.07, 6.45) is 2.63. The second kappa shape index (κ2) is 5.09. The highest BCUT2D eigenvalue weighted by Crippen LogP contribution is 2.09. The van der Waals surface area contributed by atoms with Crippen LogP contribution in [0.5, 0.6) is 5.88 Å². The second-order valence-corrected chi connectivity index (χ2v) is 3.98. The zero-order valence-electron chi connectivity index (χ0n) is 9.80. The molecule has 17 heavy (non-hydrogen) atoms. The van der Waals surface area contributed by atoms with Gasteiger partial charge in [0.05, 0.1) is 13.7 Å². The minimum absolute atomic E-state index is 0.611. The first-order valence-electron chi connectivity index (χ1n) is 5.37. The Labute approximate surface area is 104 Å². The van der Waals surface area contributed by atoms with Crippen molar-refractivity contribution in [2.75, 3.05) is 7.11 Å². The molecule has 90 valence electrons. The summed E-state index contributed by atoms with van der Waals surface area (Å²) in [6.45, 7) is 2.73. The van der Waals surface area contributed by atoms with E-state index in [9.17, 15) is 0 Å². The highest BCUT2D eigenvalue weighted by molar-refractivity contribution is 7.71. The molecule has 2 aromatic rings. The number of nitrogens with zero attached hydrogens (tertiary/aromatic N) is 3. The molecular weight excluding hydrogens is 236 g/mol. The number of hydrogen-bond donors (Lipinski definition) is 1. The van der Waals surface area contributed by atoms with E-state index in [1.807, 2.05) is 23.6 Å². The predicted molar refractivity (Wildman–Crippen MR) is 66.7 cm³/mol. The number of aromatic amines is 1. The van der Waals surface area contributed by atoms with Crippen molar-refractivity contribution in [2.24, 2.45) is 0 Å². The smallest absolute Gasteiger partial charge is 0.212 e. The lowest BCUT2D eigenvalue weighted by atomic mass is 10.3. The van der Waals surface area contributed by atoms with Gasteiger partial charge in [0.2, 0.25) is 5.88 Å². The standard InChI is InChI=1S/C11H14N4OS/c1-3-9-13-14-11(17)15(9)7-8-4-5-10(16-2)12-6-8/h4-6H,3,7H2,1-2H3,(H,14,17). The zero-order chi connectivity index (χ0) is 12.3. The SMILES string of the molecule is CCc1n[nH]c(=S)n1Cc1ccc(OC)nc1. The number of ether oxygens (including phenoxy) is 1. The number of aryl methyl sites for hydroxylation is 1. The topological polar surface area (TPSA) is 55.7 Å². The molecule has 0 spiro atoms. The van der Waals surface area contributed by atoms with Crippen LogP contribution in [-0.2, 0) is 13.0 Å². The van der Waals surface area contributed by atoms with Gasteiger partial charge in [0, 0.05) is 18.7 Å². The summed E-state index contributed by atoms with van der Waals surface area (Å²) < 4.78 is 7.62. The van der Waals surface area contributed by atoms with Crippen molar-refractivity contribution in [3.63, 3.8) is 0 Å². The number of rotatable bonds is 4. The van der Waals surface area contributed by atoms with E-state index in [-0.39, 0.29) is 0 Å². The third-order valence-electron chi connectivity index (χ3n) is 2.50. The van der Waals surface area contributed by atoms with Gasteiger partial charge in [0.1, 0.15) is 5.82 Å². The van der Waals surface area contributed by atoms with Gasteiger partial charge < -0.3 is 4.74 Å². The van der Waals surface area contributed by atoms with E-state index in [1.165, 1.54) is 0 Å². The quantitative estimate of drug-likeness (QED) is 0.843. The van der Waals surface area contributed by atoms with Crippen molar-refractivity contribution in [1.29, 1.82) is 0 Å². The van der Waals surface area contributed by atoms with E-state index >= 15 is 0 Å². The third kappa shape index (κ3) is 2.52. The van der Waals surface area contributed by atoms with Crippen LogP contribution in [0.25, 0.3) is 0 Å². The predicted octanol–water partition coefficient (Wildman–Crippen LogP) is 1.95. The molecule has 5 nitrogen and oxygen atoms in total. The Hall–Kier alpha value is -1.69. The van der Waals surface area contributed by atoms with Crippen LogP contribution in [-0.4, -0.2) is 26.9 Å². The maximum atomic E-state index is 5.19. The molecule has 0 atom stereocenters. The number of nitrogens with one attached hydrogen (secondary N) is 1. The lowest BCUT2D eigenvalue weighted by Crippen LogP contribution is -2.05. The molecule has 0 saturated heterocycles. The molecule has 0 bridgehead atoms. The molecule has 0 unspecified atom stereocenters. The third-order valence-corrected chi connectivity index (χ3v) is 2.81. The highest BCUT2D eigenvalue weighted by Gasteiger charge is 2.05. The van der Waals surface area contributed by atoms with Crippen molar-refractivity contribution >= 4 is 12.2 Å². The molecule has 0 aromatic carbocycles. The van der Waals surface area contributed by atoms with E-state index in [1.54, 1.807) is 13.3 Å². The van der Waals surface area contributed by atoms with Gasteiger partial charge in [-0.3, -0.25) is 9.67 Å². The van der Waals surface area contributed by atoms with Gasteiger partial charge in [-0.05, 0) is 17.8 Å². The number of methoxy groups -OCH3 is 1. The molecule has 1 N–H and O–H groups in total. The highest BCUT2D eigenvalue weighted by atomic mass is 32.1. The van der Waals surface area contributed by atoms with Crippen LogP contribution >= 0.6 is 12.2 Å². The molecule has 2 aromatic heterocycles. The Morgan fingerprint density at radius 3 is 2.88 bits per heavy atom. The van der Waals surface area contributed by atoms with Crippen LogP contribution in [0.15, 0.2) is 18.3 Å². The lowest BCUT2D eigenvalue weighted by Gasteiger charge is -2.05. The Morgan fingerprint density at radius 2 is 2.29 bits per heavy atom. The fourth-order valence-corrected chi connectivity index (χ4v) is 1.81. The minimum atomic E-state index is 0.611. The average Bonchev–Trinajstić information content (AvgIpc) is 2.71. The molecule has 0 radical (unpaired) electrons. The van der Waals surface area contributed by atoms with Gasteiger partial charge in [0.25, 0.3) is 0 Å². The molecule has 0 fully saturated rings. The van der Waals surface area contributed by atoms with Gasteiger partial charge in [0.15, 0.2) is 4.77 Å². The van der Waals surface area contributed by atoms with Crippen LogP contribution in [0.1, 0.15) is 18.3 Å². The summed E-state index contributed by atoms with van der Waals surface area (Å²) in [4.78, 5) is 4.16. The Balaban J connectivity index is 2.24. The van der Waals surface area contributed by atoms with Crippen molar-refractivity contribution in [3.8, 4) is 5.88 Å². The normalized spacial score (nSPS) is 10.5. The van der Waals surface area contributed by atoms with Crippen molar-refractivity contribution in [1.82, 2.24) is 19.7 Å². The molecule has 0 saturated carbocycles. The van der Waals surface area contributed by atoms with E-state index in [0.717, 1.165) is 17.8 Å². The monoisotopic (exact) mass is 250 g/mol. The molecule has 2 heterocycles. The van der Waals surface area contributed by atoms with Crippen molar-refractivity contribution < 1.29 is 4.74 Å². The molecular formula is C11H14N4OS. The first-order chi connectivity index (χ1) is 8.24. The first kappa shape index (κ1) is 11.8. The van der Waals surface area contributed by atoms with E-state index in [2.05, 4.69) is 15.2 Å². The van der Waals surface area contributed by atoms with E-state index in [4.69, 9.17) is 17.0 Å². The largest absolute Gasteiger partial charge is 0.481 e. The number of pyridine rings is 1. The molecule has 0 aliphatic heterocycles. The van der Waals surface area contributed by atoms with Crippen molar-refractivity contribution in [2.45, 2.75) is 19.9 Å². The van der Waals surface area contributed by atoms with Crippen LogP contribution in [0, 0.1) is 4.77 Å². The van der Waals surface area contributed by atoms with Gasteiger partial charge in [-0.1, -0.05) is 13.0 Å². The number of aromatic nitrogens is 4. The summed E-state index contributed by atoms with van der Waals surface area (Å²) in [7, 11) is 1.60. The maximum absolute atomic E-state index is 5.19. The van der Waals surface area contributed by atoms with Gasteiger partial charge >= 0.3 is 0 Å². The molecule has 2 rings (SSSR count). The molecule has 0 amide bonds.